The van der Waals surface area contributed by atoms with Crippen molar-refractivity contribution in [2.24, 2.45) is 15.4 Å². The molecule has 3 aliphatic rings. The Hall–Kier alpha value is -2.06. The first-order valence-electron chi connectivity index (χ1n) is 4.10. The van der Waals surface area contributed by atoms with E-state index in [1.807, 2.05) is 0 Å². The molecule has 3 aliphatic heterocycles. The number of nitriles is 2. The highest BCUT2D eigenvalue weighted by Crippen LogP contribution is 2.34. The van der Waals surface area contributed by atoms with Crippen LogP contribution in [0.3, 0.4) is 0 Å². The van der Waals surface area contributed by atoms with Crippen molar-refractivity contribution in [3.8, 4) is 12.4 Å². The van der Waals surface area contributed by atoms with Gasteiger partial charge in [-0.1, -0.05) is 0 Å². The quantitative estimate of drug-likeness (QED) is 0.402. The second kappa shape index (κ2) is 3.26. The highest BCUT2D eigenvalue weighted by molar-refractivity contribution is 6.47. The smallest absolute Gasteiger partial charge is 0.488 e. The van der Waals surface area contributed by atoms with Crippen molar-refractivity contribution in [2.45, 2.75) is 6.92 Å². The third kappa shape index (κ3) is 1.32. The summed E-state index contributed by atoms with van der Waals surface area (Å²) in [6.45, 7) is 1.90. The summed E-state index contributed by atoms with van der Waals surface area (Å²) in [5.41, 5.74) is -0.889. The molecule has 74 valence electrons. The molecule has 3 saturated heterocycles. The van der Waals surface area contributed by atoms with Gasteiger partial charge in [0, 0.05) is 0 Å². The van der Waals surface area contributed by atoms with Crippen molar-refractivity contribution in [2.75, 3.05) is 6.61 Å². The number of nitrogens with zero attached hydrogens (tertiary/aromatic N) is 4. The maximum absolute atomic E-state index is 8.47. The summed E-state index contributed by atoms with van der Waals surface area (Å²) in [5, 5.41) is 16.9. The Morgan fingerprint density at radius 2 is 1.80 bits per heavy atom. The zero-order chi connectivity index (χ0) is 10.9. The molecule has 7 nitrogen and oxygen atoms in total. The molecule has 15 heavy (non-hydrogen) atoms. The van der Waals surface area contributed by atoms with Crippen LogP contribution in [0.4, 0.5) is 0 Å². The van der Waals surface area contributed by atoms with E-state index in [4.69, 9.17) is 24.5 Å². The Morgan fingerprint density at radius 1 is 1.27 bits per heavy atom. The zero-order valence-corrected chi connectivity index (χ0v) is 7.80. The molecular formula is C7H5BN4O3. The molecule has 0 atom stereocenters. The van der Waals surface area contributed by atoms with Crippen molar-refractivity contribution in [3.05, 3.63) is 0 Å². The average Bonchev–Trinajstić information content (AvgIpc) is 2.22. The van der Waals surface area contributed by atoms with Crippen LogP contribution >= 0.6 is 0 Å². The summed E-state index contributed by atoms with van der Waals surface area (Å²) in [6, 6.07) is 0. The van der Waals surface area contributed by atoms with Gasteiger partial charge in [-0.2, -0.15) is 10.5 Å². The van der Waals surface area contributed by atoms with E-state index in [2.05, 4.69) is 9.98 Å². The van der Waals surface area contributed by atoms with Crippen molar-refractivity contribution in [1.29, 1.82) is 10.5 Å². The molecule has 0 N–H and O–H groups in total. The summed E-state index contributed by atoms with van der Waals surface area (Å²) in [5.74, 6) is 0.336. The monoisotopic (exact) mass is 204 g/mol. The molecule has 0 unspecified atom stereocenters. The Balaban J connectivity index is 2.44. The molecule has 8 heteroatoms. The molecule has 0 aromatic carbocycles. The van der Waals surface area contributed by atoms with E-state index < -0.39 is 12.7 Å². The van der Waals surface area contributed by atoms with Gasteiger partial charge in [-0.15, -0.1) is 9.98 Å². The Labute approximate surface area is 85.8 Å². The predicted molar refractivity (Wildman–Crippen MR) is 48.1 cm³/mol. The first-order valence-corrected chi connectivity index (χ1v) is 4.10. The van der Waals surface area contributed by atoms with Gasteiger partial charge in [-0.25, -0.2) is 0 Å². The number of fused-ring (bicyclic) bond motifs is 3. The summed E-state index contributed by atoms with van der Waals surface area (Å²) < 4.78 is 15.3. The minimum atomic E-state index is -0.967. The van der Waals surface area contributed by atoms with Crippen molar-refractivity contribution in [1.82, 2.24) is 0 Å². The SMILES string of the molecule is CC12COB(OC1=NC#N)OC2=NC#N. The second-order valence-electron chi connectivity index (χ2n) is 3.20. The fraction of sp³-hybridized carbons (Fsp3) is 0.429. The molecule has 0 aromatic rings. The number of hydrogen-bond donors (Lipinski definition) is 0. The van der Waals surface area contributed by atoms with Crippen LogP contribution in [0.25, 0.3) is 0 Å². The van der Waals surface area contributed by atoms with Crippen molar-refractivity contribution in [3.63, 3.8) is 0 Å². The highest BCUT2D eigenvalue weighted by Gasteiger charge is 2.56. The van der Waals surface area contributed by atoms with Crippen LogP contribution in [0.5, 0.6) is 0 Å². The maximum Gasteiger partial charge on any atom is 0.789 e. The average molecular weight is 204 g/mol. The molecule has 0 radical (unpaired) electrons. The lowest BCUT2D eigenvalue weighted by atomic mass is 9.84. The van der Waals surface area contributed by atoms with Gasteiger partial charge in [-0.3, -0.25) is 0 Å². The molecule has 3 fully saturated rings. The van der Waals surface area contributed by atoms with E-state index in [-0.39, 0.29) is 18.4 Å². The number of rotatable bonds is 0. The van der Waals surface area contributed by atoms with Crippen LogP contribution in [0.15, 0.2) is 9.98 Å². The summed E-state index contributed by atoms with van der Waals surface area (Å²) in [6.07, 6.45) is 3.25. The topological polar surface area (TPSA) is 100.0 Å². The standard InChI is InChI=1S/C7H5BN4O3/c1-7-2-13-8(14-5(7)11-3-9)15-6(7)12-4-10/h2H2,1H3. The number of hydrogen-bond acceptors (Lipinski definition) is 7. The highest BCUT2D eigenvalue weighted by atomic mass is 16.8. The molecule has 0 aliphatic carbocycles. The van der Waals surface area contributed by atoms with E-state index >= 15 is 0 Å². The molecule has 0 amide bonds. The van der Waals surface area contributed by atoms with E-state index in [0.717, 1.165) is 0 Å². The van der Waals surface area contributed by atoms with Gasteiger partial charge in [0.15, 0.2) is 0 Å². The second-order valence-corrected chi connectivity index (χ2v) is 3.20. The van der Waals surface area contributed by atoms with Crippen molar-refractivity contribution < 1.29 is 14.0 Å². The largest absolute Gasteiger partial charge is 0.789 e. The van der Waals surface area contributed by atoms with Crippen LogP contribution in [-0.4, -0.2) is 25.7 Å². The van der Waals surface area contributed by atoms with Crippen LogP contribution < -0.4 is 0 Å². The molecule has 0 spiro atoms. The zero-order valence-electron chi connectivity index (χ0n) is 7.80. The van der Waals surface area contributed by atoms with Crippen LogP contribution in [0.2, 0.25) is 0 Å². The van der Waals surface area contributed by atoms with E-state index in [1.165, 1.54) is 0 Å². The van der Waals surface area contributed by atoms with E-state index in [0.29, 0.717) is 0 Å². The lowest BCUT2D eigenvalue weighted by molar-refractivity contribution is 0.0794. The van der Waals surface area contributed by atoms with E-state index in [9.17, 15) is 0 Å². The Morgan fingerprint density at radius 3 is 2.27 bits per heavy atom. The van der Waals surface area contributed by atoms with Crippen LogP contribution in [0, 0.1) is 28.3 Å². The van der Waals surface area contributed by atoms with E-state index in [1.54, 1.807) is 19.3 Å². The molecule has 0 saturated carbocycles. The van der Waals surface area contributed by atoms with Gasteiger partial charge in [-0.05, 0) is 6.92 Å². The van der Waals surface area contributed by atoms with Gasteiger partial charge in [0.2, 0.25) is 24.2 Å². The molecular weight excluding hydrogens is 199 g/mol. The molecule has 3 rings (SSSR count). The summed E-state index contributed by atoms with van der Waals surface area (Å²) in [7, 11) is -0.967. The maximum atomic E-state index is 8.47. The number of aliphatic imine (C=N–C) groups is 2. The normalized spacial score (nSPS) is 33.1. The predicted octanol–water partition coefficient (Wildman–Crippen LogP) is -0.186. The minimum absolute atomic E-state index is 0.168. The van der Waals surface area contributed by atoms with Gasteiger partial charge in [0.05, 0.1) is 6.61 Å². The Kier molecular flexibility index (Phi) is 2.07. The van der Waals surface area contributed by atoms with Crippen LogP contribution in [-0.2, 0) is 14.0 Å². The minimum Gasteiger partial charge on any atom is -0.488 e. The molecule has 0 aromatic heterocycles. The third-order valence-electron chi connectivity index (χ3n) is 2.17. The first-order chi connectivity index (χ1) is 7.20. The lowest BCUT2D eigenvalue weighted by Crippen LogP contribution is -2.60. The molecule has 2 bridgehead atoms. The van der Waals surface area contributed by atoms with Crippen molar-refractivity contribution >= 4 is 19.1 Å². The lowest BCUT2D eigenvalue weighted by Gasteiger charge is -2.41. The van der Waals surface area contributed by atoms with Gasteiger partial charge in [0.1, 0.15) is 5.41 Å². The van der Waals surface area contributed by atoms with Gasteiger partial charge >= 0.3 is 7.32 Å². The van der Waals surface area contributed by atoms with Gasteiger partial charge in [0.25, 0.3) is 0 Å². The first kappa shape index (κ1) is 9.50. The van der Waals surface area contributed by atoms with Crippen LogP contribution in [0.1, 0.15) is 6.92 Å². The Bertz CT molecular complexity index is 398. The van der Waals surface area contributed by atoms with Gasteiger partial charge < -0.3 is 14.0 Å². The summed E-state index contributed by atoms with van der Waals surface area (Å²) in [4.78, 5) is 7.04. The summed E-state index contributed by atoms with van der Waals surface area (Å²) >= 11 is 0. The molecule has 3 heterocycles. The fourth-order valence-electron chi connectivity index (χ4n) is 1.37. The fourth-order valence-corrected chi connectivity index (χ4v) is 1.37. The third-order valence-corrected chi connectivity index (χ3v) is 2.17.